The summed E-state index contributed by atoms with van der Waals surface area (Å²) in [6.45, 7) is 5.94. The predicted octanol–water partition coefficient (Wildman–Crippen LogP) is 5.69. The Bertz CT molecular complexity index is 927. The van der Waals surface area contributed by atoms with E-state index in [0.29, 0.717) is 24.0 Å². The first-order valence-corrected chi connectivity index (χ1v) is 12.8. The van der Waals surface area contributed by atoms with E-state index in [4.69, 9.17) is 4.74 Å². The van der Waals surface area contributed by atoms with Gasteiger partial charge in [-0.15, -0.1) is 0 Å². The Kier molecular flexibility index (Phi) is 6.63. The lowest BCUT2D eigenvalue weighted by atomic mass is 9.86. The molecule has 1 atom stereocenters. The van der Waals surface area contributed by atoms with Gasteiger partial charge in [0, 0.05) is 19.0 Å². The molecular formula is C27H37N3O2. The van der Waals surface area contributed by atoms with Gasteiger partial charge in [0.1, 0.15) is 5.56 Å². The zero-order valence-corrected chi connectivity index (χ0v) is 19.5. The number of esters is 1. The summed E-state index contributed by atoms with van der Waals surface area (Å²) in [7, 11) is 0. The second kappa shape index (κ2) is 9.78. The van der Waals surface area contributed by atoms with E-state index in [0.717, 1.165) is 30.1 Å². The topological polar surface area (TPSA) is 47.4 Å². The number of hydrogen-bond donors (Lipinski definition) is 0. The van der Waals surface area contributed by atoms with Crippen LogP contribution < -0.4 is 0 Å². The van der Waals surface area contributed by atoms with Gasteiger partial charge in [0.2, 0.25) is 0 Å². The first-order chi connectivity index (χ1) is 15.7. The minimum absolute atomic E-state index is 0.248. The fourth-order valence-electron chi connectivity index (χ4n) is 5.82. The number of piperidine rings is 1. The van der Waals surface area contributed by atoms with Gasteiger partial charge in [-0.2, -0.15) is 5.10 Å². The Balaban J connectivity index is 1.34. The molecular weight excluding hydrogens is 398 g/mol. The van der Waals surface area contributed by atoms with E-state index < -0.39 is 0 Å². The Morgan fingerprint density at radius 1 is 1.06 bits per heavy atom. The third-order valence-corrected chi connectivity index (χ3v) is 7.60. The van der Waals surface area contributed by atoms with Crippen LogP contribution in [0.1, 0.15) is 98.2 Å². The van der Waals surface area contributed by atoms with Crippen molar-refractivity contribution in [3.8, 4) is 5.69 Å². The average molecular weight is 436 g/mol. The Labute approximate surface area is 192 Å². The van der Waals surface area contributed by atoms with Crippen molar-refractivity contribution in [1.29, 1.82) is 0 Å². The van der Waals surface area contributed by atoms with Gasteiger partial charge in [-0.25, -0.2) is 9.48 Å². The molecule has 172 valence electrons. The zero-order valence-electron chi connectivity index (χ0n) is 19.5. The summed E-state index contributed by atoms with van der Waals surface area (Å²) in [4.78, 5) is 15.2. The number of nitrogens with zero attached hydrogens (tertiary/aromatic N) is 3. The second-order valence-corrected chi connectivity index (χ2v) is 10.0. The number of carbonyl (C=O) groups excluding carboxylic acids is 1. The maximum absolute atomic E-state index is 12.5. The van der Waals surface area contributed by atoms with Crippen LogP contribution in [0.25, 0.3) is 5.69 Å². The summed E-state index contributed by atoms with van der Waals surface area (Å²) < 4.78 is 7.29. The minimum Gasteiger partial charge on any atom is -0.462 e. The average Bonchev–Trinajstić information content (AvgIpc) is 3.57. The second-order valence-electron chi connectivity index (χ2n) is 10.0. The van der Waals surface area contributed by atoms with E-state index in [1.807, 2.05) is 11.6 Å². The van der Waals surface area contributed by atoms with Crippen LogP contribution in [0.5, 0.6) is 0 Å². The van der Waals surface area contributed by atoms with Crippen molar-refractivity contribution in [2.75, 3.05) is 26.2 Å². The highest BCUT2D eigenvalue weighted by molar-refractivity contribution is 5.91. The number of likely N-dealkylation sites (tertiary alicyclic amines) is 1. The Morgan fingerprint density at radius 3 is 2.69 bits per heavy atom. The Hall–Kier alpha value is -2.14. The van der Waals surface area contributed by atoms with E-state index in [1.54, 1.807) is 6.20 Å². The molecule has 3 aliphatic rings. The molecule has 1 unspecified atom stereocenters. The lowest BCUT2D eigenvalue weighted by Crippen LogP contribution is -2.38. The molecule has 1 saturated heterocycles. The molecule has 2 aromatic rings. The molecule has 2 aliphatic carbocycles. The van der Waals surface area contributed by atoms with Crippen LogP contribution in [0.3, 0.4) is 0 Å². The van der Waals surface area contributed by atoms with E-state index in [1.165, 1.54) is 70.1 Å². The molecule has 1 aliphatic heterocycles. The van der Waals surface area contributed by atoms with E-state index >= 15 is 0 Å². The molecule has 0 N–H and O–H groups in total. The fraction of sp³-hybridized carbons (Fsp3) is 0.630. The molecule has 0 radical (unpaired) electrons. The van der Waals surface area contributed by atoms with Crippen molar-refractivity contribution in [3.05, 3.63) is 47.3 Å². The fourth-order valence-corrected chi connectivity index (χ4v) is 5.82. The van der Waals surface area contributed by atoms with Crippen LogP contribution in [0, 0.1) is 5.92 Å². The highest BCUT2D eigenvalue weighted by atomic mass is 16.5. The molecule has 5 heteroatoms. The van der Waals surface area contributed by atoms with Crippen molar-refractivity contribution < 1.29 is 9.53 Å². The Morgan fingerprint density at radius 2 is 1.91 bits per heavy atom. The minimum atomic E-state index is -0.248. The molecule has 32 heavy (non-hydrogen) atoms. The molecule has 3 fully saturated rings. The van der Waals surface area contributed by atoms with Crippen LogP contribution in [0.4, 0.5) is 0 Å². The van der Waals surface area contributed by atoms with Gasteiger partial charge in [0.15, 0.2) is 0 Å². The number of hydrogen-bond acceptors (Lipinski definition) is 4. The summed E-state index contributed by atoms with van der Waals surface area (Å²) in [5.41, 5.74) is 4.15. The third kappa shape index (κ3) is 4.78. The van der Waals surface area contributed by atoms with Gasteiger partial charge < -0.3 is 9.64 Å². The van der Waals surface area contributed by atoms with Crippen molar-refractivity contribution >= 4 is 5.97 Å². The number of carbonyl (C=O) groups is 1. The molecule has 2 heterocycles. The zero-order chi connectivity index (χ0) is 21.9. The number of ether oxygens (including phenoxy) is 1. The highest BCUT2D eigenvalue weighted by Crippen LogP contribution is 2.43. The number of aromatic nitrogens is 2. The van der Waals surface area contributed by atoms with Crippen molar-refractivity contribution in [2.45, 2.75) is 76.5 Å². The smallest absolute Gasteiger partial charge is 0.341 e. The maximum atomic E-state index is 12.5. The molecule has 2 saturated carbocycles. The first kappa shape index (κ1) is 21.7. The molecule has 5 rings (SSSR count). The van der Waals surface area contributed by atoms with Crippen molar-refractivity contribution in [2.24, 2.45) is 5.92 Å². The molecule has 0 spiro atoms. The molecule has 0 bridgehead atoms. The predicted molar refractivity (Wildman–Crippen MR) is 126 cm³/mol. The summed E-state index contributed by atoms with van der Waals surface area (Å²) in [5.74, 6) is 1.65. The summed E-state index contributed by atoms with van der Waals surface area (Å²) in [5, 5.41) is 4.63. The van der Waals surface area contributed by atoms with Crippen LogP contribution in [-0.2, 0) is 4.74 Å². The van der Waals surface area contributed by atoms with Crippen LogP contribution in [-0.4, -0.2) is 46.9 Å². The van der Waals surface area contributed by atoms with Gasteiger partial charge in [-0.05, 0) is 81.5 Å². The molecule has 1 aromatic heterocycles. The van der Waals surface area contributed by atoms with E-state index in [9.17, 15) is 4.79 Å². The standard InChI is InChI=1S/C27H37N3O2/c1-2-32-27(31)25-17-28-30(26(25)21-13-14-21)24-12-6-10-22(16-24)23-11-7-15-29(19-23)18-20-8-4-3-5-9-20/h6,10,12,16-17,20-21,23H,2-5,7-9,11,13-15,18-19H2,1H3. The van der Waals surface area contributed by atoms with Crippen LogP contribution in [0.15, 0.2) is 30.5 Å². The van der Waals surface area contributed by atoms with E-state index in [-0.39, 0.29) is 5.97 Å². The summed E-state index contributed by atoms with van der Waals surface area (Å²) in [6.07, 6.45) is 13.6. The summed E-state index contributed by atoms with van der Waals surface area (Å²) in [6, 6.07) is 8.88. The van der Waals surface area contributed by atoms with Crippen molar-refractivity contribution in [1.82, 2.24) is 14.7 Å². The molecule has 0 amide bonds. The monoisotopic (exact) mass is 435 g/mol. The highest BCUT2D eigenvalue weighted by Gasteiger charge is 2.33. The summed E-state index contributed by atoms with van der Waals surface area (Å²) >= 11 is 0. The van der Waals surface area contributed by atoms with Gasteiger partial charge in [0.25, 0.3) is 0 Å². The largest absolute Gasteiger partial charge is 0.462 e. The SMILES string of the molecule is CCOC(=O)c1cnn(-c2cccc(C3CCCN(CC4CCCCC4)C3)c2)c1C1CC1. The van der Waals surface area contributed by atoms with Gasteiger partial charge in [0.05, 0.1) is 24.2 Å². The van der Waals surface area contributed by atoms with Gasteiger partial charge in [-0.3, -0.25) is 0 Å². The third-order valence-electron chi connectivity index (χ3n) is 7.60. The number of rotatable bonds is 7. The molecule has 5 nitrogen and oxygen atoms in total. The first-order valence-electron chi connectivity index (χ1n) is 12.8. The van der Waals surface area contributed by atoms with Crippen molar-refractivity contribution in [3.63, 3.8) is 0 Å². The number of benzene rings is 1. The normalized spacial score (nSPS) is 22.7. The maximum Gasteiger partial charge on any atom is 0.341 e. The molecule has 1 aromatic carbocycles. The van der Waals surface area contributed by atoms with Gasteiger partial charge in [-0.1, -0.05) is 31.4 Å². The van der Waals surface area contributed by atoms with E-state index in [2.05, 4.69) is 34.3 Å². The van der Waals surface area contributed by atoms with Crippen LogP contribution in [0.2, 0.25) is 0 Å². The lowest BCUT2D eigenvalue weighted by molar-refractivity contribution is 0.0525. The quantitative estimate of drug-likeness (QED) is 0.525. The van der Waals surface area contributed by atoms with Crippen LogP contribution >= 0.6 is 0 Å². The lowest BCUT2D eigenvalue weighted by Gasteiger charge is -2.36. The van der Waals surface area contributed by atoms with Gasteiger partial charge >= 0.3 is 5.97 Å².